The molecule has 24 heavy (non-hydrogen) atoms. The fraction of sp³-hybridized carbons (Fsp3) is 0.625. The molecule has 8 heteroatoms. The van der Waals surface area contributed by atoms with Gasteiger partial charge in [0, 0.05) is 26.3 Å². The lowest BCUT2D eigenvalue weighted by molar-refractivity contribution is 0.206. The molecule has 138 valence electrons. The molecule has 1 N–H and O–H groups in total. The molecule has 1 rings (SSSR count). The zero-order valence-electron chi connectivity index (χ0n) is 15.3. The summed E-state index contributed by atoms with van der Waals surface area (Å²) >= 11 is 0. The topological polar surface area (TPSA) is 68.2 Å². The summed E-state index contributed by atoms with van der Waals surface area (Å²) < 4.78 is 29.6. The number of hydrogen-bond donors (Lipinski definition) is 1. The summed E-state index contributed by atoms with van der Waals surface area (Å²) in [5.41, 5.74) is 1.81. The summed E-state index contributed by atoms with van der Waals surface area (Å²) in [7, 11) is -1.93. The van der Waals surface area contributed by atoms with E-state index in [4.69, 9.17) is 13.6 Å². The molecule has 0 radical (unpaired) electrons. The molecule has 1 atom stereocenters. The fourth-order valence-electron chi connectivity index (χ4n) is 2.36. The van der Waals surface area contributed by atoms with Crippen molar-refractivity contribution in [2.45, 2.75) is 52.5 Å². The van der Waals surface area contributed by atoms with Gasteiger partial charge in [0.2, 0.25) is 0 Å². The molecule has 1 unspecified atom stereocenters. The van der Waals surface area contributed by atoms with Crippen LogP contribution in [0.2, 0.25) is 0 Å². The maximum atomic E-state index is 12.1. The second-order valence-electron chi connectivity index (χ2n) is 6.04. The highest BCUT2D eigenvalue weighted by molar-refractivity contribution is 7.52. The van der Waals surface area contributed by atoms with Gasteiger partial charge in [-0.1, -0.05) is 24.3 Å². The minimum Gasteiger partial charge on any atom is -0.338 e. The first-order chi connectivity index (χ1) is 11.2. The molecule has 0 spiro atoms. The quantitative estimate of drug-likeness (QED) is 0.605. The summed E-state index contributed by atoms with van der Waals surface area (Å²) in [5, 5.41) is 0. The highest BCUT2D eigenvalue weighted by atomic mass is 31.2. The first-order valence-electron chi connectivity index (χ1n) is 7.91. The smallest absolute Gasteiger partial charge is 0.334 e. The van der Waals surface area contributed by atoms with Crippen LogP contribution in [0, 0.1) is 0 Å². The average Bonchev–Trinajstić information content (AvgIpc) is 2.53. The fourth-order valence-corrected chi connectivity index (χ4v) is 4.61. The van der Waals surface area contributed by atoms with Crippen LogP contribution in [0.3, 0.4) is 0 Å². The predicted molar refractivity (Wildman–Crippen MR) is 97.8 cm³/mol. The molecular weight excluding hydrogens is 348 g/mol. The minimum absolute atomic E-state index is 0.209. The summed E-state index contributed by atoms with van der Waals surface area (Å²) in [6.45, 7) is 8.47. The van der Waals surface area contributed by atoms with E-state index < -0.39 is 16.1 Å². The molecule has 0 fully saturated rings. The Labute approximate surface area is 146 Å². The van der Waals surface area contributed by atoms with Crippen LogP contribution in [-0.4, -0.2) is 35.9 Å². The van der Waals surface area contributed by atoms with Crippen molar-refractivity contribution in [3.8, 4) is 0 Å². The van der Waals surface area contributed by atoms with Crippen molar-refractivity contribution in [1.82, 2.24) is 4.67 Å². The van der Waals surface area contributed by atoms with E-state index in [9.17, 15) is 9.46 Å². The van der Waals surface area contributed by atoms with Crippen molar-refractivity contribution in [1.29, 1.82) is 0 Å². The Balaban J connectivity index is 2.63. The van der Waals surface area contributed by atoms with Crippen molar-refractivity contribution in [3.63, 3.8) is 0 Å². The zero-order valence-corrected chi connectivity index (χ0v) is 17.1. The van der Waals surface area contributed by atoms with Crippen molar-refractivity contribution in [2.75, 3.05) is 14.2 Å². The third kappa shape index (κ3) is 6.53. The van der Waals surface area contributed by atoms with Gasteiger partial charge in [0.15, 0.2) is 0 Å². The van der Waals surface area contributed by atoms with Crippen LogP contribution >= 0.6 is 16.1 Å². The van der Waals surface area contributed by atoms with Crippen LogP contribution < -0.4 is 0 Å². The first kappa shape index (κ1) is 21.7. The molecule has 0 aliphatic carbocycles. The average molecular weight is 377 g/mol. The van der Waals surface area contributed by atoms with Crippen LogP contribution in [0.4, 0.5) is 0 Å². The highest BCUT2D eigenvalue weighted by Crippen LogP contribution is 2.49. The van der Waals surface area contributed by atoms with Crippen molar-refractivity contribution in [3.05, 3.63) is 35.4 Å². The van der Waals surface area contributed by atoms with Crippen molar-refractivity contribution < 1.29 is 23.0 Å². The van der Waals surface area contributed by atoms with Crippen LogP contribution in [0.5, 0.6) is 0 Å². The van der Waals surface area contributed by atoms with Crippen LogP contribution in [-0.2, 0) is 30.9 Å². The molecule has 0 aliphatic heterocycles. The van der Waals surface area contributed by atoms with Gasteiger partial charge in [0.25, 0.3) is 8.53 Å². The van der Waals surface area contributed by atoms with E-state index >= 15 is 0 Å². The summed E-state index contributed by atoms with van der Waals surface area (Å²) in [6.07, 6.45) is 0.225. The van der Waals surface area contributed by atoms with Gasteiger partial charge in [0.05, 0.1) is 12.8 Å². The van der Waals surface area contributed by atoms with E-state index in [1.54, 1.807) is 0 Å². The van der Waals surface area contributed by atoms with Gasteiger partial charge >= 0.3 is 7.60 Å². The third-order valence-corrected chi connectivity index (χ3v) is 7.10. The summed E-state index contributed by atoms with van der Waals surface area (Å²) in [4.78, 5) is 10.3. The monoisotopic (exact) mass is 377 g/mol. The molecule has 6 nitrogen and oxygen atoms in total. The lowest BCUT2D eigenvalue weighted by Gasteiger charge is -2.32. The second-order valence-corrected chi connectivity index (χ2v) is 9.54. The standard InChI is InChI=1S/C16H29NO5P2/c1-13(2)17(14(3)4)23(18)22-11-15-7-9-16(10-8-15)12-24(19,20-5)21-6/h7-10,13-14,18H,11-12H2,1-6H3. The third-order valence-electron chi connectivity index (χ3n) is 3.56. The Morgan fingerprint density at radius 2 is 1.50 bits per heavy atom. The van der Waals surface area contributed by atoms with E-state index in [1.807, 2.05) is 56.6 Å². The normalized spacial score (nSPS) is 13.9. The molecular formula is C16H29NO5P2. The summed E-state index contributed by atoms with van der Waals surface area (Å²) in [5.74, 6) is 0. The number of rotatable bonds is 10. The van der Waals surface area contributed by atoms with Crippen LogP contribution in [0.1, 0.15) is 38.8 Å². The Bertz CT molecular complexity index is 520. The molecule has 0 aliphatic rings. The lowest BCUT2D eigenvalue weighted by Crippen LogP contribution is -2.32. The molecule has 0 saturated heterocycles. The number of hydrogen-bond acceptors (Lipinski definition) is 6. The SMILES string of the molecule is COP(=O)(Cc1ccc(COP(O)N(C(C)C)C(C)C)cc1)OC. The van der Waals surface area contributed by atoms with Crippen molar-refractivity contribution in [2.24, 2.45) is 0 Å². The maximum absolute atomic E-state index is 12.1. The van der Waals surface area contributed by atoms with E-state index in [-0.39, 0.29) is 18.2 Å². The van der Waals surface area contributed by atoms with Gasteiger partial charge in [-0.2, -0.15) is 0 Å². The van der Waals surface area contributed by atoms with E-state index in [2.05, 4.69) is 0 Å². The van der Waals surface area contributed by atoms with Gasteiger partial charge in [-0.05, 0) is 38.8 Å². The Hall–Kier alpha value is -0.320. The Morgan fingerprint density at radius 1 is 1.04 bits per heavy atom. The largest absolute Gasteiger partial charge is 0.338 e. The molecule has 0 aromatic heterocycles. The van der Waals surface area contributed by atoms with E-state index in [0.29, 0.717) is 6.61 Å². The molecule has 0 bridgehead atoms. The van der Waals surface area contributed by atoms with E-state index in [0.717, 1.165) is 11.1 Å². The van der Waals surface area contributed by atoms with Gasteiger partial charge in [0.1, 0.15) is 0 Å². The summed E-state index contributed by atoms with van der Waals surface area (Å²) in [6, 6.07) is 7.94. The lowest BCUT2D eigenvalue weighted by atomic mass is 10.2. The van der Waals surface area contributed by atoms with Gasteiger partial charge in [-0.3, -0.25) is 4.57 Å². The first-order valence-corrected chi connectivity index (χ1v) is 10.8. The van der Waals surface area contributed by atoms with Gasteiger partial charge < -0.3 is 18.5 Å². The maximum Gasteiger partial charge on any atom is 0.334 e. The number of benzene rings is 1. The Kier molecular flexibility index (Phi) is 9.03. The molecule has 0 saturated carbocycles. The molecule has 1 aromatic rings. The molecule has 0 heterocycles. The zero-order chi connectivity index (χ0) is 18.3. The second kappa shape index (κ2) is 9.98. The van der Waals surface area contributed by atoms with Gasteiger partial charge in [-0.25, -0.2) is 4.67 Å². The Morgan fingerprint density at radius 3 is 1.92 bits per heavy atom. The van der Waals surface area contributed by atoms with Crippen molar-refractivity contribution >= 4 is 16.1 Å². The molecule has 1 aromatic carbocycles. The predicted octanol–water partition coefficient (Wildman–Crippen LogP) is 4.53. The van der Waals surface area contributed by atoms with Crippen LogP contribution in [0.15, 0.2) is 24.3 Å². The minimum atomic E-state index is -3.06. The van der Waals surface area contributed by atoms with Crippen LogP contribution in [0.25, 0.3) is 0 Å². The van der Waals surface area contributed by atoms with E-state index in [1.165, 1.54) is 14.2 Å². The van der Waals surface area contributed by atoms with Gasteiger partial charge in [-0.15, -0.1) is 0 Å². The highest BCUT2D eigenvalue weighted by Gasteiger charge is 2.24. The number of nitrogens with zero attached hydrogens (tertiary/aromatic N) is 1. The molecule has 0 amide bonds.